The second-order valence-electron chi connectivity index (χ2n) is 5.25. The van der Waals surface area contributed by atoms with Crippen molar-refractivity contribution in [3.63, 3.8) is 0 Å². The maximum absolute atomic E-state index is 12.1. The highest BCUT2D eigenvalue weighted by atomic mass is 16.5. The molecule has 7 nitrogen and oxygen atoms in total. The Morgan fingerprint density at radius 3 is 2.79 bits per heavy atom. The number of ether oxygens (including phenoxy) is 1. The Morgan fingerprint density at radius 1 is 1.17 bits per heavy atom. The molecule has 3 rings (SSSR count). The fourth-order valence-corrected chi connectivity index (χ4v) is 2.32. The van der Waals surface area contributed by atoms with Gasteiger partial charge in [0.2, 0.25) is 11.9 Å². The van der Waals surface area contributed by atoms with Crippen LogP contribution in [0.1, 0.15) is 5.56 Å². The first-order chi connectivity index (χ1) is 11.8. The number of amides is 1. The molecule has 0 aliphatic carbocycles. The summed E-state index contributed by atoms with van der Waals surface area (Å²) >= 11 is 0. The molecule has 0 spiro atoms. The number of nitrogens with one attached hydrogen (secondary N) is 2. The van der Waals surface area contributed by atoms with Crippen molar-refractivity contribution in [1.29, 1.82) is 0 Å². The number of benzene rings is 1. The molecule has 1 aromatic carbocycles. The van der Waals surface area contributed by atoms with Crippen molar-refractivity contribution in [1.82, 2.24) is 14.6 Å². The summed E-state index contributed by atoms with van der Waals surface area (Å²) < 4.78 is 6.69. The van der Waals surface area contributed by atoms with Crippen molar-refractivity contribution in [2.24, 2.45) is 0 Å². The van der Waals surface area contributed by atoms with E-state index in [0.29, 0.717) is 18.8 Å². The molecule has 2 N–H and O–H groups in total. The summed E-state index contributed by atoms with van der Waals surface area (Å²) in [5.74, 6) is 0.934. The minimum Gasteiger partial charge on any atom is -0.383 e. The van der Waals surface area contributed by atoms with E-state index >= 15 is 0 Å². The highest BCUT2D eigenvalue weighted by molar-refractivity contribution is 5.90. The van der Waals surface area contributed by atoms with Crippen LogP contribution in [0.2, 0.25) is 0 Å². The van der Waals surface area contributed by atoms with Gasteiger partial charge in [0, 0.05) is 13.7 Å². The molecule has 3 aromatic rings. The van der Waals surface area contributed by atoms with E-state index < -0.39 is 0 Å². The van der Waals surface area contributed by atoms with Crippen LogP contribution < -0.4 is 10.6 Å². The monoisotopic (exact) mass is 325 g/mol. The molecule has 0 fully saturated rings. The normalized spacial score (nSPS) is 10.7. The molecule has 2 aromatic heterocycles. The van der Waals surface area contributed by atoms with Gasteiger partial charge in [-0.3, -0.25) is 10.1 Å². The molecule has 0 saturated heterocycles. The van der Waals surface area contributed by atoms with E-state index in [9.17, 15) is 4.79 Å². The van der Waals surface area contributed by atoms with Crippen LogP contribution in [-0.4, -0.2) is 40.8 Å². The molecular formula is C17H19N5O2. The molecule has 0 aliphatic rings. The average molecular weight is 325 g/mol. The molecule has 0 bridgehead atoms. The standard InChI is InChI=1S/C17H19N5O2/c1-24-11-10-18-14-8-5-9-15-19-17(21-22(14)15)20-16(23)12-13-6-3-2-4-7-13/h2-9,18H,10-12H2,1H3,(H,20,21,23). The van der Waals surface area contributed by atoms with Gasteiger partial charge in [0.25, 0.3) is 0 Å². The second kappa shape index (κ2) is 7.56. The van der Waals surface area contributed by atoms with Gasteiger partial charge < -0.3 is 10.1 Å². The fraction of sp³-hybridized carbons (Fsp3) is 0.235. The van der Waals surface area contributed by atoms with Gasteiger partial charge in [-0.05, 0) is 17.7 Å². The number of methoxy groups -OCH3 is 1. The number of hydrogen-bond acceptors (Lipinski definition) is 5. The van der Waals surface area contributed by atoms with Crippen molar-refractivity contribution >= 4 is 23.3 Å². The summed E-state index contributed by atoms with van der Waals surface area (Å²) in [5, 5.41) is 10.3. The van der Waals surface area contributed by atoms with Crippen molar-refractivity contribution in [3.05, 3.63) is 54.1 Å². The summed E-state index contributed by atoms with van der Waals surface area (Å²) in [6, 6.07) is 15.2. The quantitative estimate of drug-likeness (QED) is 0.649. The van der Waals surface area contributed by atoms with Crippen molar-refractivity contribution in [2.75, 3.05) is 30.9 Å². The van der Waals surface area contributed by atoms with Gasteiger partial charge in [0.15, 0.2) is 5.65 Å². The lowest BCUT2D eigenvalue weighted by atomic mass is 10.1. The van der Waals surface area contributed by atoms with E-state index in [0.717, 1.165) is 11.4 Å². The molecule has 1 amide bonds. The van der Waals surface area contributed by atoms with Gasteiger partial charge in [-0.25, -0.2) is 0 Å². The fourth-order valence-electron chi connectivity index (χ4n) is 2.32. The molecule has 0 atom stereocenters. The predicted molar refractivity (Wildman–Crippen MR) is 92.1 cm³/mol. The Hall–Kier alpha value is -2.93. The lowest BCUT2D eigenvalue weighted by molar-refractivity contribution is -0.115. The number of rotatable bonds is 7. The zero-order valence-electron chi connectivity index (χ0n) is 13.4. The first kappa shape index (κ1) is 15.9. The topological polar surface area (TPSA) is 80.5 Å². The molecule has 0 aliphatic heterocycles. The number of pyridine rings is 1. The summed E-state index contributed by atoms with van der Waals surface area (Å²) in [6.45, 7) is 1.25. The molecule has 0 unspecified atom stereocenters. The van der Waals surface area contributed by atoms with Gasteiger partial charge in [-0.2, -0.15) is 9.50 Å². The molecule has 124 valence electrons. The Morgan fingerprint density at radius 2 is 2.00 bits per heavy atom. The second-order valence-corrected chi connectivity index (χ2v) is 5.25. The summed E-state index contributed by atoms with van der Waals surface area (Å²) in [7, 11) is 1.65. The zero-order valence-corrected chi connectivity index (χ0v) is 13.4. The Labute approximate surface area is 139 Å². The number of anilines is 2. The van der Waals surface area contributed by atoms with Crippen LogP contribution in [0.4, 0.5) is 11.8 Å². The van der Waals surface area contributed by atoms with E-state index in [1.807, 2.05) is 48.5 Å². The highest BCUT2D eigenvalue weighted by Crippen LogP contribution is 2.13. The number of carbonyl (C=O) groups excluding carboxylic acids is 1. The Kier molecular flexibility index (Phi) is 5.02. The van der Waals surface area contributed by atoms with Crippen molar-refractivity contribution in [2.45, 2.75) is 6.42 Å². The van der Waals surface area contributed by atoms with E-state index in [1.54, 1.807) is 11.6 Å². The summed E-state index contributed by atoms with van der Waals surface area (Å²) in [5.41, 5.74) is 1.60. The van der Waals surface area contributed by atoms with E-state index in [1.165, 1.54) is 0 Å². The van der Waals surface area contributed by atoms with Crippen LogP contribution in [0.15, 0.2) is 48.5 Å². The molecular weight excluding hydrogens is 306 g/mol. The predicted octanol–water partition coefficient (Wildman–Crippen LogP) is 1.97. The molecule has 7 heteroatoms. The maximum atomic E-state index is 12.1. The SMILES string of the molecule is COCCNc1cccc2nc(NC(=O)Cc3ccccc3)nn12. The van der Waals surface area contributed by atoms with E-state index in [2.05, 4.69) is 20.7 Å². The third kappa shape index (κ3) is 3.88. The van der Waals surface area contributed by atoms with Gasteiger partial charge in [-0.1, -0.05) is 36.4 Å². The first-order valence-corrected chi connectivity index (χ1v) is 7.68. The lowest BCUT2D eigenvalue weighted by Crippen LogP contribution is -2.15. The number of nitrogens with zero attached hydrogens (tertiary/aromatic N) is 3. The van der Waals surface area contributed by atoms with Crippen LogP contribution in [0.25, 0.3) is 5.65 Å². The first-order valence-electron chi connectivity index (χ1n) is 7.68. The molecule has 0 radical (unpaired) electrons. The summed E-state index contributed by atoms with van der Waals surface area (Å²) in [4.78, 5) is 16.5. The molecule has 0 saturated carbocycles. The maximum Gasteiger partial charge on any atom is 0.249 e. The zero-order chi connectivity index (χ0) is 16.8. The summed E-state index contributed by atoms with van der Waals surface area (Å²) in [6.07, 6.45) is 0.287. The van der Waals surface area contributed by atoms with Crippen LogP contribution in [0.5, 0.6) is 0 Å². The van der Waals surface area contributed by atoms with Gasteiger partial charge in [0.05, 0.1) is 13.0 Å². The minimum absolute atomic E-state index is 0.147. The molecule has 2 heterocycles. The van der Waals surface area contributed by atoms with Crippen LogP contribution in [0, 0.1) is 0 Å². The van der Waals surface area contributed by atoms with Crippen LogP contribution in [0.3, 0.4) is 0 Å². The Bertz CT molecular complexity index is 816. The largest absolute Gasteiger partial charge is 0.383 e. The lowest BCUT2D eigenvalue weighted by Gasteiger charge is -2.06. The highest BCUT2D eigenvalue weighted by Gasteiger charge is 2.10. The number of fused-ring (bicyclic) bond motifs is 1. The van der Waals surface area contributed by atoms with Crippen LogP contribution in [-0.2, 0) is 16.0 Å². The van der Waals surface area contributed by atoms with Crippen molar-refractivity contribution < 1.29 is 9.53 Å². The minimum atomic E-state index is -0.147. The Balaban J connectivity index is 1.71. The smallest absolute Gasteiger partial charge is 0.249 e. The number of carbonyl (C=O) groups is 1. The van der Waals surface area contributed by atoms with E-state index in [-0.39, 0.29) is 18.3 Å². The van der Waals surface area contributed by atoms with Gasteiger partial charge in [-0.15, -0.1) is 5.10 Å². The van der Waals surface area contributed by atoms with Crippen LogP contribution >= 0.6 is 0 Å². The third-order valence-electron chi connectivity index (χ3n) is 3.43. The van der Waals surface area contributed by atoms with Gasteiger partial charge in [0.1, 0.15) is 5.82 Å². The number of hydrogen-bond donors (Lipinski definition) is 2. The van der Waals surface area contributed by atoms with E-state index in [4.69, 9.17) is 4.74 Å². The average Bonchev–Trinajstić information content (AvgIpc) is 2.99. The molecule has 24 heavy (non-hydrogen) atoms. The number of aromatic nitrogens is 3. The van der Waals surface area contributed by atoms with Crippen molar-refractivity contribution in [3.8, 4) is 0 Å². The van der Waals surface area contributed by atoms with Gasteiger partial charge >= 0.3 is 0 Å². The third-order valence-corrected chi connectivity index (χ3v) is 3.43.